The maximum absolute atomic E-state index is 6.03. The molecular formula is C15H20Br4OSi. The Bertz CT molecular complexity index is 424. The summed E-state index contributed by atoms with van der Waals surface area (Å²) in [5.74, 6) is 0.714. The van der Waals surface area contributed by atoms with E-state index >= 15 is 0 Å². The topological polar surface area (TPSA) is 9.23 Å². The van der Waals surface area contributed by atoms with Gasteiger partial charge in [-0.25, -0.2) is 0 Å². The van der Waals surface area contributed by atoms with Crippen molar-refractivity contribution >= 4 is 65.7 Å². The van der Waals surface area contributed by atoms with Gasteiger partial charge < -0.3 is 4.74 Å². The van der Waals surface area contributed by atoms with Gasteiger partial charge in [-0.05, 0) is 61.8 Å². The van der Waals surface area contributed by atoms with Crippen LogP contribution in [0.4, 0.5) is 0 Å². The average Bonchev–Trinajstić information content (AvgIpc) is 2.44. The molecule has 0 heterocycles. The Morgan fingerprint density at radius 3 is 2.19 bits per heavy atom. The number of hydrogen-bond donors (Lipinski definition) is 0. The van der Waals surface area contributed by atoms with Crippen LogP contribution in [0.3, 0.4) is 0 Å². The van der Waals surface area contributed by atoms with Crippen LogP contribution in [0, 0.1) is 0 Å². The third kappa shape index (κ3) is 7.17. The highest BCUT2D eigenvalue weighted by atomic mass is 80.0. The fraction of sp³-hybridized carbons (Fsp3) is 0.600. The van der Waals surface area contributed by atoms with Gasteiger partial charge in [0, 0.05) is 11.1 Å². The van der Waals surface area contributed by atoms with Crippen molar-refractivity contribution in [3.63, 3.8) is 0 Å². The zero-order chi connectivity index (χ0) is 15.3. The quantitative estimate of drug-likeness (QED) is 0.206. The van der Waals surface area contributed by atoms with Crippen LogP contribution in [-0.4, -0.2) is 16.6 Å². The predicted octanol–water partition coefficient (Wildman–Crippen LogP) is 7.01. The predicted molar refractivity (Wildman–Crippen MR) is 107 cm³/mol. The van der Waals surface area contributed by atoms with Crippen molar-refractivity contribution in [2.24, 2.45) is 0 Å². The summed E-state index contributed by atoms with van der Waals surface area (Å²) >= 11 is 14.5. The minimum absolute atomic E-state index is 0.466. The van der Waals surface area contributed by atoms with Crippen molar-refractivity contribution < 1.29 is 4.74 Å². The SMILES string of the molecule is Brc1ccc(C2CCC(OCCC[Si](Br)(Br)Br)CC2)cc1. The van der Waals surface area contributed by atoms with E-state index in [2.05, 4.69) is 86.1 Å². The second-order valence-corrected chi connectivity index (χ2v) is 30.0. The molecule has 0 bridgehead atoms. The molecule has 6 heteroatoms. The smallest absolute Gasteiger partial charge is 0.267 e. The maximum Gasteiger partial charge on any atom is 0.267 e. The number of hydrogen-bond acceptors (Lipinski definition) is 1. The maximum atomic E-state index is 6.03. The van der Waals surface area contributed by atoms with E-state index in [1.54, 1.807) is 0 Å². The summed E-state index contributed by atoms with van der Waals surface area (Å²) in [7, 11) is 0. The van der Waals surface area contributed by atoms with Gasteiger partial charge in [-0.2, -0.15) is 0 Å². The van der Waals surface area contributed by atoms with Gasteiger partial charge in [0.2, 0.25) is 0 Å². The van der Waals surface area contributed by atoms with E-state index in [1.807, 2.05) is 0 Å². The van der Waals surface area contributed by atoms with E-state index in [-0.39, 0.29) is 0 Å². The molecule has 0 N–H and O–H groups in total. The highest BCUT2D eigenvalue weighted by Crippen LogP contribution is 2.35. The first kappa shape index (κ1) is 18.7. The van der Waals surface area contributed by atoms with Gasteiger partial charge in [-0.15, -0.1) is 0 Å². The first-order valence-corrected chi connectivity index (χ1v) is 17.1. The average molecular weight is 564 g/mol. The molecule has 1 aliphatic rings. The number of benzene rings is 1. The van der Waals surface area contributed by atoms with Crippen molar-refractivity contribution in [2.45, 2.75) is 50.2 Å². The molecule has 0 amide bonds. The van der Waals surface area contributed by atoms with E-state index in [0.717, 1.165) is 23.5 Å². The van der Waals surface area contributed by atoms with Gasteiger partial charge in [-0.1, -0.05) is 73.9 Å². The van der Waals surface area contributed by atoms with Crippen molar-refractivity contribution in [3.8, 4) is 0 Å². The Balaban J connectivity index is 1.67. The van der Waals surface area contributed by atoms with Crippen LogP contribution >= 0.6 is 61.8 Å². The molecule has 21 heavy (non-hydrogen) atoms. The standard InChI is InChI=1S/C15H20Br4OSi/c16-14-6-2-12(3-7-14)13-4-8-15(9-5-13)20-10-1-11-21(17,18)19/h2-3,6-7,13,15H,1,4-5,8-11H2. The van der Waals surface area contributed by atoms with E-state index in [4.69, 9.17) is 4.74 Å². The summed E-state index contributed by atoms with van der Waals surface area (Å²) in [5.41, 5.74) is 1.48. The van der Waals surface area contributed by atoms with Crippen LogP contribution in [0.2, 0.25) is 6.04 Å². The van der Waals surface area contributed by atoms with E-state index in [9.17, 15) is 0 Å². The monoisotopic (exact) mass is 560 g/mol. The highest BCUT2D eigenvalue weighted by Gasteiger charge is 2.24. The lowest BCUT2D eigenvalue weighted by atomic mass is 9.83. The molecule has 0 aliphatic heterocycles. The van der Waals surface area contributed by atoms with Crippen molar-refractivity contribution in [1.29, 1.82) is 0 Å². The molecule has 1 aliphatic carbocycles. The van der Waals surface area contributed by atoms with Crippen LogP contribution in [-0.2, 0) is 4.74 Å². The van der Waals surface area contributed by atoms with E-state index in [1.165, 1.54) is 31.2 Å². The molecule has 1 fully saturated rings. The molecule has 1 aromatic rings. The number of halogens is 4. The summed E-state index contributed by atoms with van der Waals surface area (Å²) in [4.78, 5) is 0. The summed E-state index contributed by atoms with van der Waals surface area (Å²) < 4.78 is 5.74. The highest BCUT2D eigenvalue weighted by molar-refractivity contribution is 9.72. The second kappa shape index (κ2) is 8.97. The molecule has 0 unspecified atom stereocenters. The fourth-order valence-electron chi connectivity index (χ4n) is 2.82. The van der Waals surface area contributed by atoms with Crippen LogP contribution in [0.1, 0.15) is 43.6 Å². The first-order chi connectivity index (χ1) is 9.94. The van der Waals surface area contributed by atoms with Crippen LogP contribution in [0.5, 0.6) is 0 Å². The van der Waals surface area contributed by atoms with Gasteiger partial charge in [0.05, 0.1) is 6.10 Å². The van der Waals surface area contributed by atoms with Crippen LogP contribution < -0.4 is 0 Å². The molecule has 1 aromatic carbocycles. The summed E-state index contributed by atoms with van der Waals surface area (Å²) in [6.45, 7) is 0.880. The van der Waals surface area contributed by atoms with Crippen molar-refractivity contribution in [1.82, 2.24) is 0 Å². The second-order valence-electron chi connectivity index (χ2n) is 5.61. The van der Waals surface area contributed by atoms with Gasteiger partial charge in [0.15, 0.2) is 0 Å². The lowest BCUT2D eigenvalue weighted by Gasteiger charge is -2.29. The normalized spacial score (nSPS) is 23.2. The zero-order valence-corrected chi connectivity index (χ0v) is 19.2. The van der Waals surface area contributed by atoms with E-state index < -0.39 is 3.93 Å². The lowest BCUT2D eigenvalue weighted by Crippen LogP contribution is -2.21. The zero-order valence-electron chi connectivity index (χ0n) is 11.8. The summed E-state index contributed by atoms with van der Waals surface area (Å²) in [5, 5.41) is 0. The minimum atomic E-state index is -1.45. The van der Waals surface area contributed by atoms with Gasteiger partial charge in [-0.3, -0.25) is 0 Å². The largest absolute Gasteiger partial charge is 0.378 e. The van der Waals surface area contributed by atoms with Gasteiger partial charge in [0.1, 0.15) is 0 Å². The molecule has 0 radical (unpaired) electrons. The molecule has 118 valence electrons. The molecule has 0 saturated heterocycles. The third-order valence-corrected chi connectivity index (χ3v) is 8.99. The lowest BCUT2D eigenvalue weighted by molar-refractivity contribution is 0.0251. The van der Waals surface area contributed by atoms with Gasteiger partial charge >= 0.3 is 0 Å². The van der Waals surface area contributed by atoms with Crippen molar-refractivity contribution in [2.75, 3.05) is 6.61 Å². The summed E-state index contributed by atoms with van der Waals surface area (Å²) in [6.07, 6.45) is 6.47. The van der Waals surface area contributed by atoms with E-state index in [0.29, 0.717) is 12.0 Å². The molecule has 0 spiro atoms. The van der Waals surface area contributed by atoms with Crippen LogP contribution in [0.15, 0.2) is 28.7 Å². The van der Waals surface area contributed by atoms with Gasteiger partial charge in [0.25, 0.3) is 3.93 Å². The Kier molecular flexibility index (Phi) is 7.97. The summed E-state index contributed by atoms with van der Waals surface area (Å²) in [6, 6.07) is 9.94. The minimum Gasteiger partial charge on any atom is -0.378 e. The third-order valence-electron chi connectivity index (χ3n) is 3.97. The Hall–Kier alpha value is 1.32. The number of ether oxygens (including phenoxy) is 1. The fourth-order valence-corrected chi connectivity index (χ4v) is 6.15. The molecule has 0 atom stereocenters. The Labute approximate surface area is 160 Å². The van der Waals surface area contributed by atoms with Crippen LogP contribution in [0.25, 0.3) is 0 Å². The molecule has 0 aromatic heterocycles. The van der Waals surface area contributed by atoms with Crippen molar-refractivity contribution in [3.05, 3.63) is 34.3 Å². The Morgan fingerprint density at radius 2 is 1.62 bits per heavy atom. The number of rotatable bonds is 6. The Morgan fingerprint density at radius 1 is 1.00 bits per heavy atom. The molecule has 2 rings (SSSR count). The first-order valence-electron chi connectivity index (χ1n) is 7.38. The molecule has 1 nitrogen and oxygen atoms in total. The molecule has 1 saturated carbocycles. The molecular weight excluding hydrogens is 544 g/mol.